The Morgan fingerprint density at radius 2 is 1.24 bits per heavy atom. The Morgan fingerprint density at radius 3 is 1.77 bits per heavy atom. The number of hydrogen-bond donors (Lipinski definition) is 1. The highest BCUT2D eigenvalue weighted by Crippen LogP contribution is 2.43. The highest BCUT2D eigenvalue weighted by molar-refractivity contribution is 5.82. The lowest BCUT2D eigenvalue weighted by Gasteiger charge is -2.47. The molecule has 1 N–H and O–H groups in total. The van der Waals surface area contributed by atoms with Gasteiger partial charge in [-0.1, -0.05) is 96.1 Å². The summed E-state index contributed by atoms with van der Waals surface area (Å²) in [7, 11) is 0. The number of carbonyl (C=O) groups excluding carboxylic acids is 3. The molecule has 3 fully saturated rings. The first kappa shape index (κ1) is 56.3. The third-order valence-electron chi connectivity index (χ3n) is 12.4. The van der Waals surface area contributed by atoms with Crippen LogP contribution in [0, 0.1) is 10.8 Å². The second-order valence-corrected chi connectivity index (χ2v) is 20.3. The van der Waals surface area contributed by atoms with E-state index in [0.29, 0.717) is 0 Å². The number of nitrogens with one attached hydrogen (secondary N) is 1. The molecule has 75 heavy (non-hydrogen) atoms. The number of ether oxygens (including phenoxy) is 9. The molecule has 0 aliphatic carbocycles. The first-order valence-corrected chi connectivity index (χ1v) is 24.2. The summed E-state index contributed by atoms with van der Waals surface area (Å²) in [5.74, 6) is -3.98. The van der Waals surface area contributed by atoms with Crippen molar-refractivity contribution in [3.63, 3.8) is 0 Å². The van der Waals surface area contributed by atoms with E-state index >= 15 is 0 Å². The number of azide groups is 1. The van der Waals surface area contributed by atoms with E-state index in [9.17, 15) is 42.7 Å². The van der Waals surface area contributed by atoms with Crippen LogP contribution in [0.3, 0.4) is 0 Å². The number of aromatic nitrogens is 2. The van der Waals surface area contributed by atoms with Gasteiger partial charge in [0.2, 0.25) is 0 Å². The van der Waals surface area contributed by atoms with Crippen LogP contribution in [-0.4, -0.2) is 107 Å². The summed E-state index contributed by atoms with van der Waals surface area (Å²) in [6.45, 7) is 8.36. The van der Waals surface area contributed by atoms with Gasteiger partial charge in [-0.15, -0.1) is 0 Å². The van der Waals surface area contributed by atoms with Gasteiger partial charge in [0.1, 0.15) is 31.1 Å². The smallest absolute Gasteiger partial charge is 0.454 e. The Morgan fingerprint density at radius 1 is 0.707 bits per heavy atom. The van der Waals surface area contributed by atoms with Crippen molar-refractivity contribution < 1.29 is 70.2 Å². The molecule has 7 rings (SSSR count). The molecule has 0 saturated carbocycles. The van der Waals surface area contributed by atoms with Crippen molar-refractivity contribution in [1.29, 1.82) is 0 Å². The third-order valence-corrected chi connectivity index (χ3v) is 12.4. The van der Waals surface area contributed by atoms with Gasteiger partial charge in [-0.3, -0.25) is 23.7 Å². The number of hydrogen-bond acceptors (Lipinski definition) is 15. The number of fused-ring (bicyclic) bond motifs is 1. The number of amides is 1. The fraction of sp³-hybridized carbons (Fsp3) is 0.519. The first-order chi connectivity index (χ1) is 35.6. The normalized spacial score (nSPS) is 25.9. The summed E-state index contributed by atoms with van der Waals surface area (Å²) in [6, 6.07) is 25.0. The average molecular weight is 1050 g/mol. The quantitative estimate of drug-likeness (QED) is 0.0461. The number of alkyl halides is 3. The average Bonchev–Trinajstić information content (AvgIpc) is 3.71. The number of carbonyl (C=O) groups is 3. The van der Waals surface area contributed by atoms with E-state index in [1.54, 1.807) is 93.6 Å². The summed E-state index contributed by atoms with van der Waals surface area (Å²) in [4.78, 5) is 71.0. The SMILES string of the molecule is CC(C)(C)C(=O)O[C@@H]1[C@@H]2O[C@H](COCc3ccccc3)[C@H](O[C@@H]3O[C@H](COCc4ccccc4)C[C@H](NC(=O)C(F)(F)F)[C@H]3OC(=O)C(C)(C)C)[C@@H](N=[N+]=[N-])[C@H]2O[C@H]1n1ccc(=O)n(COCc2ccccc2)c1=O. The van der Waals surface area contributed by atoms with Crippen molar-refractivity contribution in [2.45, 2.75) is 148 Å². The van der Waals surface area contributed by atoms with E-state index in [1.807, 2.05) is 23.5 Å². The lowest BCUT2D eigenvalue weighted by Crippen LogP contribution is -2.64. The summed E-state index contributed by atoms with van der Waals surface area (Å²) in [6.07, 6.45) is -18.1. The second-order valence-electron chi connectivity index (χ2n) is 20.3. The van der Waals surface area contributed by atoms with E-state index in [4.69, 9.17) is 42.6 Å². The van der Waals surface area contributed by atoms with Gasteiger partial charge in [0.15, 0.2) is 24.7 Å². The van der Waals surface area contributed by atoms with E-state index in [-0.39, 0.29) is 39.5 Å². The van der Waals surface area contributed by atoms with Crippen LogP contribution >= 0.6 is 0 Å². The molecule has 0 radical (unpaired) electrons. The maximum atomic E-state index is 14.4. The van der Waals surface area contributed by atoms with Crippen LogP contribution < -0.4 is 16.6 Å². The van der Waals surface area contributed by atoms with Gasteiger partial charge < -0.3 is 47.9 Å². The Hall–Kier alpha value is -6.43. The predicted molar refractivity (Wildman–Crippen MR) is 259 cm³/mol. The third kappa shape index (κ3) is 14.5. The minimum Gasteiger partial charge on any atom is -0.454 e. The Balaban J connectivity index is 1.29. The second kappa shape index (κ2) is 24.5. The number of rotatable bonds is 19. The van der Waals surface area contributed by atoms with Crippen molar-refractivity contribution in [3.05, 3.63) is 151 Å². The van der Waals surface area contributed by atoms with Crippen molar-refractivity contribution in [2.75, 3.05) is 13.2 Å². The monoisotopic (exact) mass is 1050 g/mol. The number of nitrogens with zero attached hydrogens (tertiary/aromatic N) is 5. The van der Waals surface area contributed by atoms with Gasteiger partial charge in [0, 0.05) is 17.2 Å². The molecule has 0 spiro atoms. The molecule has 1 amide bonds. The van der Waals surface area contributed by atoms with Gasteiger partial charge >= 0.3 is 29.7 Å². The fourth-order valence-electron chi connectivity index (χ4n) is 8.48. The number of benzene rings is 3. The maximum Gasteiger partial charge on any atom is 0.471 e. The fourth-order valence-corrected chi connectivity index (χ4v) is 8.48. The minimum atomic E-state index is -5.36. The zero-order valence-corrected chi connectivity index (χ0v) is 42.2. The van der Waals surface area contributed by atoms with Crippen LogP contribution in [0.1, 0.15) is 70.9 Å². The van der Waals surface area contributed by atoms with Crippen LogP contribution in [0.15, 0.2) is 118 Å². The topological polar surface area (TPSA) is 239 Å². The van der Waals surface area contributed by atoms with Crippen molar-refractivity contribution >= 4 is 17.8 Å². The molecule has 0 bridgehead atoms. The summed E-state index contributed by atoms with van der Waals surface area (Å²) in [5.41, 5.74) is 8.53. The minimum absolute atomic E-state index is 0.0106. The van der Waals surface area contributed by atoms with E-state index in [2.05, 4.69) is 10.0 Å². The molecule has 0 unspecified atom stereocenters. The molecule has 4 aromatic rings. The summed E-state index contributed by atoms with van der Waals surface area (Å²) >= 11 is 0. The van der Waals surface area contributed by atoms with Crippen LogP contribution in [0.5, 0.6) is 0 Å². The van der Waals surface area contributed by atoms with Gasteiger partial charge in [-0.25, -0.2) is 9.36 Å². The zero-order valence-electron chi connectivity index (χ0n) is 42.2. The Kier molecular flexibility index (Phi) is 18.4. The molecule has 11 atom stereocenters. The van der Waals surface area contributed by atoms with E-state index < -0.39 is 120 Å². The standard InChI is InChI=1S/C52H61F3N6O14/c1-50(2,3)47(64)74-39-35(57-46(63)52(53,54)55)24-34(28-67-25-31-16-10-7-11-17-31)70-45(39)73-40-36(29-68-26-32-18-12-8-13-19-32)71-42-41(38(40)58-59-56)72-44(43(42)75-48(65)51(4,5)6)60-23-22-37(62)61(49(60)66)30-69-27-33-20-14-9-15-21-33/h7-23,34-36,38-45H,24-30H2,1-6H3,(H,57,63)/t34-,35-,36+,38+,39+,40-,41+,42+,43+,44+,45-/m0/s1. The molecule has 1 aromatic heterocycles. The van der Waals surface area contributed by atoms with Crippen molar-refractivity contribution in [3.8, 4) is 0 Å². The largest absolute Gasteiger partial charge is 0.471 e. The molecule has 23 heteroatoms. The maximum absolute atomic E-state index is 14.4. The van der Waals surface area contributed by atoms with Crippen LogP contribution in [0.25, 0.3) is 10.4 Å². The molecule has 3 saturated heterocycles. The molecule has 4 heterocycles. The number of halogens is 3. The van der Waals surface area contributed by atoms with Crippen molar-refractivity contribution in [2.24, 2.45) is 15.9 Å². The first-order valence-electron chi connectivity index (χ1n) is 24.2. The molecular weight excluding hydrogens is 990 g/mol. The van der Waals surface area contributed by atoms with Gasteiger partial charge in [-0.05, 0) is 70.2 Å². The van der Waals surface area contributed by atoms with E-state index in [1.165, 1.54) is 20.8 Å². The molecular formula is C52H61F3N6O14. The van der Waals surface area contributed by atoms with Crippen LogP contribution in [0.2, 0.25) is 0 Å². The summed E-state index contributed by atoms with van der Waals surface area (Å²) in [5, 5.41) is 6.09. The predicted octanol–water partition coefficient (Wildman–Crippen LogP) is 6.42. The van der Waals surface area contributed by atoms with Gasteiger partial charge in [-0.2, -0.15) is 13.2 Å². The molecule has 3 aromatic carbocycles. The lowest BCUT2D eigenvalue weighted by molar-refractivity contribution is -0.306. The van der Waals surface area contributed by atoms with E-state index in [0.717, 1.165) is 38.1 Å². The summed E-state index contributed by atoms with van der Waals surface area (Å²) < 4.78 is 100. The van der Waals surface area contributed by atoms with Crippen molar-refractivity contribution in [1.82, 2.24) is 14.5 Å². The zero-order chi connectivity index (χ0) is 54.1. The molecule has 404 valence electrons. The Labute approximate surface area is 429 Å². The molecule has 3 aliphatic heterocycles. The Bertz CT molecular complexity index is 2730. The number of esters is 2. The van der Waals surface area contributed by atoms with Gasteiger partial charge in [0.05, 0.1) is 62.1 Å². The highest BCUT2D eigenvalue weighted by atomic mass is 19.4. The molecule has 3 aliphatic rings. The van der Waals surface area contributed by atoms with Gasteiger partial charge in [0.25, 0.3) is 5.56 Å². The lowest BCUT2D eigenvalue weighted by atomic mass is 9.91. The highest BCUT2D eigenvalue weighted by Gasteiger charge is 2.60. The van der Waals surface area contributed by atoms with Crippen LogP contribution in [-0.2, 0) is 83.6 Å². The van der Waals surface area contributed by atoms with Crippen LogP contribution in [0.4, 0.5) is 13.2 Å². The molecule has 20 nitrogen and oxygen atoms in total.